The largest absolute Gasteiger partial charge is 0.464 e. The molecule has 0 spiro atoms. The van der Waals surface area contributed by atoms with Gasteiger partial charge in [-0.1, -0.05) is 18.2 Å². The van der Waals surface area contributed by atoms with Crippen LogP contribution >= 0.6 is 0 Å². The van der Waals surface area contributed by atoms with Gasteiger partial charge in [-0.05, 0) is 32.4 Å². The third-order valence-electron chi connectivity index (χ3n) is 5.32. The molecule has 4 aromatic rings. The standard InChI is InChI=1S/C22H20F4N6O4/c1-4-31-15(10-33)30-32(21(31)34)18-17(23)13-9-27-29-20(36-14-8-6-5-7-11(14)2)16(13)19(28-18)35-12(3)22(24,25)26/h5-9,12,33H,4,10H2,1-3H3/t12-/m0/s1. The maximum Gasteiger partial charge on any atom is 0.425 e. The van der Waals surface area contributed by atoms with Crippen LogP contribution in [0, 0.1) is 12.7 Å². The molecule has 14 heteroatoms. The van der Waals surface area contributed by atoms with Crippen LogP contribution in [0.2, 0.25) is 0 Å². The minimum atomic E-state index is -4.79. The first-order valence-corrected chi connectivity index (χ1v) is 10.7. The van der Waals surface area contributed by atoms with Gasteiger partial charge in [0.2, 0.25) is 5.88 Å². The molecule has 36 heavy (non-hydrogen) atoms. The van der Waals surface area contributed by atoms with Crippen LogP contribution in [-0.2, 0) is 13.2 Å². The second-order valence-electron chi connectivity index (χ2n) is 7.68. The average Bonchev–Trinajstić information content (AvgIpc) is 3.16. The number of aromatic nitrogens is 6. The fourth-order valence-electron chi connectivity index (χ4n) is 3.38. The Balaban J connectivity index is 1.99. The Hall–Kier alpha value is -4.07. The molecule has 0 aliphatic rings. The number of hydrogen-bond acceptors (Lipinski definition) is 8. The van der Waals surface area contributed by atoms with Crippen molar-refractivity contribution < 1.29 is 32.1 Å². The van der Waals surface area contributed by atoms with Crippen LogP contribution in [0.1, 0.15) is 25.2 Å². The van der Waals surface area contributed by atoms with Gasteiger partial charge in [0.15, 0.2) is 23.6 Å². The zero-order valence-corrected chi connectivity index (χ0v) is 19.2. The summed E-state index contributed by atoms with van der Waals surface area (Å²) < 4.78 is 68.2. The van der Waals surface area contributed by atoms with Gasteiger partial charge in [0.1, 0.15) is 17.7 Å². The highest BCUT2D eigenvalue weighted by atomic mass is 19.4. The minimum absolute atomic E-state index is 0.0913. The first-order chi connectivity index (χ1) is 17.1. The number of pyridine rings is 1. The molecule has 4 rings (SSSR count). The summed E-state index contributed by atoms with van der Waals surface area (Å²) >= 11 is 0. The van der Waals surface area contributed by atoms with Crippen molar-refractivity contribution in [2.75, 3.05) is 0 Å². The lowest BCUT2D eigenvalue weighted by Crippen LogP contribution is -2.32. The van der Waals surface area contributed by atoms with Crippen molar-refractivity contribution in [2.45, 2.75) is 46.2 Å². The molecular weight excluding hydrogens is 488 g/mol. The number of ether oxygens (including phenoxy) is 2. The first-order valence-electron chi connectivity index (χ1n) is 10.7. The molecule has 0 radical (unpaired) electrons. The second-order valence-corrected chi connectivity index (χ2v) is 7.68. The monoisotopic (exact) mass is 508 g/mol. The van der Waals surface area contributed by atoms with E-state index in [1.165, 1.54) is 0 Å². The van der Waals surface area contributed by atoms with E-state index in [0.717, 1.165) is 17.7 Å². The molecule has 0 saturated heterocycles. The summed E-state index contributed by atoms with van der Waals surface area (Å²) in [5, 5.41) is 20.2. The first kappa shape index (κ1) is 25.0. The third kappa shape index (κ3) is 4.46. The average molecular weight is 508 g/mol. The van der Waals surface area contributed by atoms with Gasteiger partial charge in [0.05, 0.1) is 11.6 Å². The number of aliphatic hydroxyl groups is 1. The number of para-hydroxylation sites is 1. The van der Waals surface area contributed by atoms with Crippen LogP contribution in [0.4, 0.5) is 17.6 Å². The van der Waals surface area contributed by atoms with Crippen LogP contribution in [-0.4, -0.2) is 46.9 Å². The van der Waals surface area contributed by atoms with E-state index in [-0.39, 0.29) is 29.0 Å². The van der Waals surface area contributed by atoms with Gasteiger partial charge >= 0.3 is 11.9 Å². The number of aliphatic hydroxyl groups excluding tert-OH is 1. The van der Waals surface area contributed by atoms with E-state index in [2.05, 4.69) is 20.3 Å². The molecule has 0 fully saturated rings. The Labute approximate surface area is 200 Å². The van der Waals surface area contributed by atoms with Gasteiger partial charge < -0.3 is 14.6 Å². The Bertz CT molecular complexity index is 1480. The van der Waals surface area contributed by atoms with Crippen LogP contribution < -0.4 is 15.2 Å². The fraction of sp³-hybridized carbons (Fsp3) is 0.318. The molecule has 3 heterocycles. The SMILES string of the molecule is CCn1c(CO)nn(-c2nc(O[C@@H](C)C(F)(F)F)c3c(Oc4ccccc4C)nncc3c2F)c1=O. The maximum absolute atomic E-state index is 15.7. The number of alkyl halides is 3. The zero-order valence-electron chi connectivity index (χ0n) is 19.2. The smallest absolute Gasteiger partial charge is 0.425 e. The molecule has 0 aliphatic carbocycles. The Morgan fingerprint density at radius 3 is 2.53 bits per heavy atom. The lowest BCUT2D eigenvalue weighted by Gasteiger charge is -2.19. The van der Waals surface area contributed by atoms with Crippen LogP contribution in [0.3, 0.4) is 0 Å². The molecule has 0 bridgehead atoms. The van der Waals surface area contributed by atoms with Gasteiger partial charge in [0.25, 0.3) is 5.88 Å². The fourth-order valence-corrected chi connectivity index (χ4v) is 3.38. The predicted octanol–water partition coefficient (Wildman–Crippen LogP) is 3.45. The second kappa shape index (κ2) is 9.53. The lowest BCUT2D eigenvalue weighted by atomic mass is 10.2. The maximum atomic E-state index is 15.7. The summed E-state index contributed by atoms with van der Waals surface area (Å²) in [6, 6.07) is 6.72. The number of benzene rings is 1. The molecule has 0 saturated carbocycles. The molecule has 10 nitrogen and oxygen atoms in total. The van der Waals surface area contributed by atoms with E-state index in [4.69, 9.17) is 9.47 Å². The summed E-state index contributed by atoms with van der Waals surface area (Å²) in [5.41, 5.74) is -0.193. The zero-order chi connectivity index (χ0) is 26.2. The van der Waals surface area contributed by atoms with Crippen molar-refractivity contribution in [3.05, 3.63) is 58.2 Å². The molecule has 1 aromatic carbocycles. The van der Waals surface area contributed by atoms with Gasteiger partial charge in [-0.25, -0.2) is 9.18 Å². The van der Waals surface area contributed by atoms with Crippen molar-refractivity contribution in [3.63, 3.8) is 0 Å². The quantitative estimate of drug-likeness (QED) is 0.378. The van der Waals surface area contributed by atoms with Crippen molar-refractivity contribution in [1.82, 2.24) is 29.5 Å². The highest BCUT2D eigenvalue weighted by Crippen LogP contribution is 2.38. The Morgan fingerprint density at radius 2 is 1.92 bits per heavy atom. The number of hydrogen-bond donors (Lipinski definition) is 1. The van der Waals surface area contributed by atoms with E-state index in [1.807, 2.05) is 0 Å². The van der Waals surface area contributed by atoms with E-state index < -0.39 is 42.1 Å². The van der Waals surface area contributed by atoms with E-state index in [0.29, 0.717) is 16.0 Å². The molecule has 190 valence electrons. The van der Waals surface area contributed by atoms with E-state index in [1.54, 1.807) is 38.1 Å². The topological polar surface area (TPSA) is 117 Å². The highest BCUT2D eigenvalue weighted by Gasteiger charge is 2.39. The Kier molecular flexibility index (Phi) is 6.63. The number of fused-ring (bicyclic) bond motifs is 1. The molecule has 0 aliphatic heterocycles. The summed E-state index contributed by atoms with van der Waals surface area (Å²) in [4.78, 5) is 16.7. The summed E-state index contributed by atoms with van der Waals surface area (Å²) in [6.45, 7) is 3.52. The third-order valence-corrected chi connectivity index (χ3v) is 5.32. The van der Waals surface area contributed by atoms with Crippen LogP contribution in [0.25, 0.3) is 16.6 Å². The van der Waals surface area contributed by atoms with Crippen molar-refractivity contribution in [2.24, 2.45) is 0 Å². The predicted molar refractivity (Wildman–Crippen MR) is 118 cm³/mol. The summed E-state index contributed by atoms with van der Waals surface area (Å²) in [7, 11) is 0. The van der Waals surface area contributed by atoms with Crippen molar-refractivity contribution >= 4 is 10.8 Å². The van der Waals surface area contributed by atoms with Gasteiger partial charge in [-0.3, -0.25) is 4.57 Å². The number of halogens is 4. The van der Waals surface area contributed by atoms with Gasteiger partial charge in [0, 0.05) is 6.54 Å². The van der Waals surface area contributed by atoms with E-state index >= 15 is 4.39 Å². The lowest BCUT2D eigenvalue weighted by molar-refractivity contribution is -0.189. The molecule has 0 unspecified atom stereocenters. The van der Waals surface area contributed by atoms with Crippen LogP contribution in [0.15, 0.2) is 35.3 Å². The Morgan fingerprint density at radius 1 is 1.19 bits per heavy atom. The van der Waals surface area contributed by atoms with Crippen molar-refractivity contribution in [1.29, 1.82) is 0 Å². The van der Waals surface area contributed by atoms with Crippen molar-refractivity contribution in [3.8, 4) is 23.3 Å². The molecule has 1 N–H and O–H groups in total. The van der Waals surface area contributed by atoms with E-state index in [9.17, 15) is 23.1 Å². The number of rotatable bonds is 7. The van der Waals surface area contributed by atoms with Crippen LogP contribution in [0.5, 0.6) is 17.5 Å². The minimum Gasteiger partial charge on any atom is -0.464 e. The molecule has 1 atom stereocenters. The molecule has 0 amide bonds. The van der Waals surface area contributed by atoms with Gasteiger partial charge in [-0.15, -0.1) is 10.2 Å². The summed E-state index contributed by atoms with van der Waals surface area (Å²) in [5.74, 6) is -2.72. The highest BCUT2D eigenvalue weighted by molar-refractivity contribution is 5.92. The number of nitrogens with zero attached hydrogens (tertiary/aromatic N) is 6. The van der Waals surface area contributed by atoms with Gasteiger partial charge in [-0.2, -0.15) is 27.9 Å². The normalized spacial score (nSPS) is 12.7. The molecule has 3 aromatic heterocycles. The number of aryl methyl sites for hydroxylation is 1. The molecular formula is C22H20F4N6O4. The summed E-state index contributed by atoms with van der Waals surface area (Å²) in [6.07, 6.45) is -6.20.